The van der Waals surface area contributed by atoms with Crippen molar-refractivity contribution in [2.45, 2.75) is 13.0 Å². The molecule has 0 aliphatic carbocycles. The van der Waals surface area contributed by atoms with Crippen molar-refractivity contribution in [1.29, 1.82) is 0 Å². The Kier molecular flexibility index (Phi) is 4.32. The van der Waals surface area contributed by atoms with E-state index in [0.717, 1.165) is 19.5 Å². The molecular weight excluding hydrogens is 258 g/mol. The predicted molar refractivity (Wildman–Crippen MR) is 87.2 cm³/mol. The highest BCUT2D eigenvalue weighted by Gasteiger charge is 1.97. The van der Waals surface area contributed by atoms with Gasteiger partial charge in [-0.15, -0.1) is 0 Å². The van der Waals surface area contributed by atoms with Gasteiger partial charge in [-0.25, -0.2) is 4.98 Å². The summed E-state index contributed by atoms with van der Waals surface area (Å²) in [4.78, 5) is 4.04. The Labute approximate surface area is 125 Å². The number of nitrogens with zero attached hydrogens (tertiary/aromatic N) is 2. The lowest BCUT2D eigenvalue weighted by Gasteiger charge is -2.08. The average molecular weight is 277 g/mol. The maximum Gasteiger partial charge on any atom is 0.0945 e. The Balaban J connectivity index is 1.50. The minimum Gasteiger partial charge on any atom is -0.385 e. The third kappa shape index (κ3) is 3.72. The van der Waals surface area contributed by atoms with E-state index in [-0.39, 0.29) is 0 Å². The summed E-state index contributed by atoms with van der Waals surface area (Å²) >= 11 is 0. The molecule has 0 amide bonds. The molecule has 1 aromatic heterocycles. The van der Waals surface area contributed by atoms with Crippen LogP contribution in [0.15, 0.2) is 73.3 Å². The van der Waals surface area contributed by atoms with Crippen LogP contribution >= 0.6 is 0 Å². The van der Waals surface area contributed by atoms with Gasteiger partial charge >= 0.3 is 0 Å². The molecule has 3 rings (SSSR count). The van der Waals surface area contributed by atoms with E-state index in [9.17, 15) is 0 Å². The van der Waals surface area contributed by atoms with Crippen molar-refractivity contribution in [3.63, 3.8) is 0 Å². The highest BCUT2D eigenvalue weighted by Crippen LogP contribution is 2.20. The zero-order valence-electron chi connectivity index (χ0n) is 11.9. The van der Waals surface area contributed by atoms with Gasteiger partial charge in [-0.3, -0.25) is 0 Å². The molecule has 0 radical (unpaired) electrons. The summed E-state index contributed by atoms with van der Waals surface area (Å²) < 4.78 is 2.10. The maximum absolute atomic E-state index is 4.04. The molecule has 21 heavy (non-hydrogen) atoms. The molecule has 1 N–H and O–H groups in total. The molecule has 3 nitrogen and oxygen atoms in total. The van der Waals surface area contributed by atoms with Crippen LogP contribution in [-0.4, -0.2) is 16.1 Å². The van der Waals surface area contributed by atoms with Crippen molar-refractivity contribution >= 4 is 5.69 Å². The van der Waals surface area contributed by atoms with Gasteiger partial charge in [0, 0.05) is 31.2 Å². The molecule has 0 fully saturated rings. The van der Waals surface area contributed by atoms with Gasteiger partial charge in [-0.2, -0.15) is 0 Å². The molecule has 1 heterocycles. The summed E-state index contributed by atoms with van der Waals surface area (Å²) in [5.74, 6) is 0. The van der Waals surface area contributed by atoms with Gasteiger partial charge in [-0.1, -0.05) is 42.5 Å². The van der Waals surface area contributed by atoms with Gasteiger partial charge < -0.3 is 9.88 Å². The summed E-state index contributed by atoms with van der Waals surface area (Å²) in [6, 6.07) is 19.0. The number of aryl methyl sites for hydroxylation is 1. The van der Waals surface area contributed by atoms with E-state index in [0.29, 0.717) is 0 Å². The van der Waals surface area contributed by atoms with Crippen LogP contribution in [0.25, 0.3) is 11.1 Å². The molecular formula is C18H19N3. The van der Waals surface area contributed by atoms with Gasteiger partial charge in [0.1, 0.15) is 0 Å². The lowest BCUT2D eigenvalue weighted by molar-refractivity contribution is 0.661. The monoisotopic (exact) mass is 277 g/mol. The Morgan fingerprint density at radius 3 is 2.38 bits per heavy atom. The largest absolute Gasteiger partial charge is 0.385 e. The molecule has 0 aliphatic heterocycles. The number of hydrogen-bond acceptors (Lipinski definition) is 2. The molecule has 0 saturated heterocycles. The number of imidazole rings is 1. The fraction of sp³-hybridized carbons (Fsp3) is 0.167. The van der Waals surface area contributed by atoms with Gasteiger partial charge in [0.05, 0.1) is 6.33 Å². The smallest absolute Gasteiger partial charge is 0.0945 e. The van der Waals surface area contributed by atoms with Crippen LogP contribution in [0.5, 0.6) is 0 Å². The topological polar surface area (TPSA) is 29.9 Å². The molecule has 0 atom stereocenters. The van der Waals surface area contributed by atoms with E-state index < -0.39 is 0 Å². The Bertz CT molecular complexity index is 643. The SMILES string of the molecule is c1ccc(-c2ccc(NCCCn3ccnc3)cc2)cc1. The highest BCUT2D eigenvalue weighted by molar-refractivity contribution is 5.65. The first-order chi connectivity index (χ1) is 10.4. The van der Waals surface area contributed by atoms with E-state index in [1.54, 1.807) is 0 Å². The summed E-state index contributed by atoms with van der Waals surface area (Å²) in [5, 5.41) is 3.45. The molecule has 106 valence electrons. The first kappa shape index (κ1) is 13.4. The molecule has 0 spiro atoms. The lowest BCUT2D eigenvalue weighted by Crippen LogP contribution is -2.05. The van der Waals surface area contributed by atoms with Crippen molar-refractivity contribution < 1.29 is 0 Å². The van der Waals surface area contributed by atoms with Crippen molar-refractivity contribution in [3.8, 4) is 11.1 Å². The third-order valence-corrected chi connectivity index (χ3v) is 3.47. The zero-order valence-corrected chi connectivity index (χ0v) is 11.9. The van der Waals surface area contributed by atoms with E-state index in [1.165, 1.54) is 16.8 Å². The molecule has 0 saturated carbocycles. The number of aromatic nitrogens is 2. The normalized spacial score (nSPS) is 10.5. The maximum atomic E-state index is 4.04. The fourth-order valence-corrected chi connectivity index (χ4v) is 2.32. The van der Waals surface area contributed by atoms with E-state index in [1.807, 2.05) is 24.8 Å². The van der Waals surface area contributed by atoms with Gasteiger partial charge in [-0.05, 0) is 29.7 Å². The Morgan fingerprint density at radius 2 is 1.67 bits per heavy atom. The van der Waals surface area contributed by atoms with E-state index in [4.69, 9.17) is 0 Å². The van der Waals surface area contributed by atoms with Crippen molar-refractivity contribution in [3.05, 3.63) is 73.3 Å². The number of rotatable bonds is 6. The minimum absolute atomic E-state index is 0.961. The second-order valence-electron chi connectivity index (χ2n) is 5.02. The second-order valence-corrected chi connectivity index (χ2v) is 5.02. The Hall–Kier alpha value is -2.55. The first-order valence-corrected chi connectivity index (χ1v) is 7.27. The highest BCUT2D eigenvalue weighted by atomic mass is 15.0. The van der Waals surface area contributed by atoms with Crippen LogP contribution in [0.3, 0.4) is 0 Å². The third-order valence-electron chi connectivity index (χ3n) is 3.47. The molecule has 0 aliphatic rings. The van der Waals surface area contributed by atoms with Crippen LogP contribution in [0.1, 0.15) is 6.42 Å². The number of hydrogen-bond donors (Lipinski definition) is 1. The van der Waals surface area contributed by atoms with Crippen LogP contribution in [0.2, 0.25) is 0 Å². The second kappa shape index (κ2) is 6.75. The van der Waals surface area contributed by atoms with Crippen LogP contribution < -0.4 is 5.32 Å². The van der Waals surface area contributed by atoms with Crippen molar-refractivity contribution in [2.75, 3.05) is 11.9 Å². The van der Waals surface area contributed by atoms with E-state index >= 15 is 0 Å². The number of nitrogens with one attached hydrogen (secondary N) is 1. The summed E-state index contributed by atoms with van der Waals surface area (Å²) in [6.45, 7) is 1.96. The molecule has 3 aromatic rings. The van der Waals surface area contributed by atoms with E-state index in [2.05, 4.69) is 63.4 Å². The fourth-order valence-electron chi connectivity index (χ4n) is 2.32. The van der Waals surface area contributed by atoms with Crippen LogP contribution in [-0.2, 0) is 6.54 Å². The summed E-state index contributed by atoms with van der Waals surface area (Å²) in [6.07, 6.45) is 6.75. The van der Waals surface area contributed by atoms with Crippen LogP contribution in [0, 0.1) is 0 Å². The quantitative estimate of drug-likeness (QED) is 0.689. The number of benzene rings is 2. The van der Waals surface area contributed by atoms with Crippen molar-refractivity contribution in [2.24, 2.45) is 0 Å². The Morgan fingerprint density at radius 1 is 0.905 bits per heavy atom. The average Bonchev–Trinajstić information content (AvgIpc) is 3.06. The first-order valence-electron chi connectivity index (χ1n) is 7.27. The minimum atomic E-state index is 0.961. The summed E-state index contributed by atoms with van der Waals surface area (Å²) in [7, 11) is 0. The van der Waals surface area contributed by atoms with Gasteiger partial charge in [0.2, 0.25) is 0 Å². The molecule has 0 bridgehead atoms. The lowest BCUT2D eigenvalue weighted by atomic mass is 10.1. The standard InChI is InChI=1S/C18H19N3/c1-2-5-16(6-3-1)17-7-9-18(10-8-17)20-11-4-13-21-14-12-19-15-21/h1-3,5-10,12,14-15,20H,4,11,13H2. The molecule has 0 unspecified atom stereocenters. The zero-order chi connectivity index (χ0) is 14.3. The predicted octanol–water partition coefficient (Wildman–Crippen LogP) is 4.05. The van der Waals surface area contributed by atoms with Crippen LogP contribution in [0.4, 0.5) is 5.69 Å². The number of anilines is 1. The molecule has 2 aromatic carbocycles. The van der Waals surface area contributed by atoms with Crippen molar-refractivity contribution in [1.82, 2.24) is 9.55 Å². The van der Waals surface area contributed by atoms with Gasteiger partial charge in [0.15, 0.2) is 0 Å². The molecule has 3 heteroatoms. The summed E-state index contributed by atoms with van der Waals surface area (Å²) in [5.41, 5.74) is 3.67. The van der Waals surface area contributed by atoms with Gasteiger partial charge in [0.25, 0.3) is 0 Å².